The van der Waals surface area contributed by atoms with Crippen LogP contribution in [0.4, 0.5) is 0 Å². The maximum absolute atomic E-state index is 3.77. The number of benzene rings is 1. The summed E-state index contributed by atoms with van der Waals surface area (Å²) in [6.07, 6.45) is 4.86. The highest BCUT2D eigenvalue weighted by molar-refractivity contribution is 5.27. The van der Waals surface area contributed by atoms with Crippen molar-refractivity contribution in [1.82, 2.24) is 5.32 Å². The summed E-state index contributed by atoms with van der Waals surface area (Å²) in [6.45, 7) is 12.6. The Morgan fingerprint density at radius 1 is 1.05 bits per heavy atom. The second kappa shape index (κ2) is 9.18. The van der Waals surface area contributed by atoms with Crippen LogP contribution in [0.2, 0.25) is 0 Å². The van der Waals surface area contributed by atoms with Crippen LogP contribution in [-0.2, 0) is 6.42 Å². The van der Waals surface area contributed by atoms with Crippen LogP contribution in [0.3, 0.4) is 0 Å². The molecule has 1 atom stereocenters. The van der Waals surface area contributed by atoms with E-state index in [1.165, 1.54) is 36.8 Å². The summed E-state index contributed by atoms with van der Waals surface area (Å²) in [5, 5.41) is 3.77. The van der Waals surface area contributed by atoms with Gasteiger partial charge >= 0.3 is 0 Å². The van der Waals surface area contributed by atoms with Gasteiger partial charge in [-0.05, 0) is 42.3 Å². The largest absolute Gasteiger partial charge is 0.310 e. The monoisotopic (exact) mass is 275 g/mol. The Labute approximate surface area is 126 Å². The van der Waals surface area contributed by atoms with Gasteiger partial charge in [0.05, 0.1) is 0 Å². The molecule has 0 saturated carbocycles. The standard InChI is InChI=1S/C19H33N/c1-6-12-20-19(17(7-2)8-3)18-11-9-10-16(14-18)13-15(4)5/h9-11,14-15,17,19-20H,6-8,12-13H2,1-5H3. The molecule has 1 N–H and O–H groups in total. The lowest BCUT2D eigenvalue weighted by Crippen LogP contribution is -2.28. The summed E-state index contributed by atoms with van der Waals surface area (Å²) in [7, 11) is 0. The molecule has 0 saturated heterocycles. The summed E-state index contributed by atoms with van der Waals surface area (Å²) in [6, 6.07) is 9.74. The van der Waals surface area contributed by atoms with Crippen molar-refractivity contribution in [3.05, 3.63) is 35.4 Å². The van der Waals surface area contributed by atoms with Gasteiger partial charge in [0.2, 0.25) is 0 Å². The van der Waals surface area contributed by atoms with Crippen molar-refractivity contribution < 1.29 is 0 Å². The van der Waals surface area contributed by atoms with Gasteiger partial charge in [0.15, 0.2) is 0 Å². The van der Waals surface area contributed by atoms with Gasteiger partial charge in [-0.1, -0.05) is 71.7 Å². The molecule has 1 aromatic rings. The maximum Gasteiger partial charge on any atom is 0.0348 e. The Kier molecular flexibility index (Phi) is 7.91. The molecule has 1 rings (SSSR count). The molecule has 0 heterocycles. The number of hydrogen-bond donors (Lipinski definition) is 1. The fraction of sp³-hybridized carbons (Fsp3) is 0.684. The predicted molar refractivity (Wildman–Crippen MR) is 90.1 cm³/mol. The lowest BCUT2D eigenvalue weighted by Gasteiger charge is -2.27. The lowest BCUT2D eigenvalue weighted by atomic mass is 9.87. The molecule has 0 fully saturated rings. The molecule has 0 amide bonds. The van der Waals surface area contributed by atoms with Gasteiger partial charge in [-0.15, -0.1) is 0 Å². The molecule has 1 heteroatoms. The van der Waals surface area contributed by atoms with E-state index in [1.54, 1.807) is 0 Å². The van der Waals surface area contributed by atoms with E-state index in [4.69, 9.17) is 0 Å². The van der Waals surface area contributed by atoms with E-state index in [9.17, 15) is 0 Å². The van der Waals surface area contributed by atoms with E-state index in [0.717, 1.165) is 18.4 Å². The fourth-order valence-corrected chi connectivity index (χ4v) is 3.00. The molecule has 114 valence electrons. The van der Waals surface area contributed by atoms with E-state index < -0.39 is 0 Å². The summed E-state index contributed by atoms with van der Waals surface area (Å²) >= 11 is 0. The van der Waals surface area contributed by atoms with Crippen molar-refractivity contribution >= 4 is 0 Å². The third-order valence-electron chi connectivity index (χ3n) is 4.09. The molecule has 0 aliphatic rings. The third-order valence-corrected chi connectivity index (χ3v) is 4.09. The molecule has 0 radical (unpaired) electrons. The van der Waals surface area contributed by atoms with Crippen molar-refractivity contribution in [2.24, 2.45) is 11.8 Å². The predicted octanol–water partition coefficient (Wildman–Crippen LogP) is 5.36. The van der Waals surface area contributed by atoms with Crippen molar-refractivity contribution in [2.45, 2.75) is 66.3 Å². The molecule has 0 aliphatic heterocycles. The van der Waals surface area contributed by atoms with Crippen LogP contribution in [0, 0.1) is 11.8 Å². The minimum absolute atomic E-state index is 0.511. The molecule has 0 bridgehead atoms. The Bertz CT molecular complexity index is 366. The first-order chi connectivity index (χ1) is 9.62. The van der Waals surface area contributed by atoms with Crippen LogP contribution in [0.15, 0.2) is 24.3 Å². The zero-order chi connectivity index (χ0) is 15.0. The van der Waals surface area contributed by atoms with Crippen LogP contribution in [-0.4, -0.2) is 6.54 Å². The summed E-state index contributed by atoms with van der Waals surface area (Å²) in [5.41, 5.74) is 2.96. The van der Waals surface area contributed by atoms with Gasteiger partial charge in [0.1, 0.15) is 0 Å². The molecular formula is C19H33N. The number of hydrogen-bond acceptors (Lipinski definition) is 1. The smallest absolute Gasteiger partial charge is 0.0348 e. The Morgan fingerprint density at radius 3 is 2.30 bits per heavy atom. The average molecular weight is 275 g/mol. The van der Waals surface area contributed by atoms with Gasteiger partial charge < -0.3 is 5.32 Å². The van der Waals surface area contributed by atoms with E-state index in [1.807, 2.05) is 0 Å². The van der Waals surface area contributed by atoms with Crippen molar-refractivity contribution in [1.29, 1.82) is 0 Å². The summed E-state index contributed by atoms with van der Waals surface area (Å²) in [5.74, 6) is 1.45. The van der Waals surface area contributed by atoms with Gasteiger partial charge in [-0.3, -0.25) is 0 Å². The van der Waals surface area contributed by atoms with Crippen LogP contribution in [0.1, 0.15) is 71.0 Å². The highest BCUT2D eigenvalue weighted by atomic mass is 14.9. The van der Waals surface area contributed by atoms with E-state index in [2.05, 4.69) is 64.2 Å². The molecule has 0 aromatic heterocycles. The third kappa shape index (κ3) is 5.28. The van der Waals surface area contributed by atoms with Gasteiger partial charge in [-0.2, -0.15) is 0 Å². The van der Waals surface area contributed by atoms with Crippen molar-refractivity contribution in [2.75, 3.05) is 6.54 Å². The van der Waals surface area contributed by atoms with E-state index in [-0.39, 0.29) is 0 Å². The van der Waals surface area contributed by atoms with Gasteiger partial charge in [0.25, 0.3) is 0 Å². The first-order valence-corrected chi connectivity index (χ1v) is 8.44. The maximum atomic E-state index is 3.77. The first kappa shape index (κ1) is 17.2. The minimum Gasteiger partial charge on any atom is -0.310 e. The van der Waals surface area contributed by atoms with E-state index in [0.29, 0.717) is 6.04 Å². The quantitative estimate of drug-likeness (QED) is 0.639. The molecule has 0 spiro atoms. The minimum atomic E-state index is 0.511. The van der Waals surface area contributed by atoms with Crippen LogP contribution in [0.5, 0.6) is 0 Å². The molecule has 20 heavy (non-hydrogen) atoms. The van der Waals surface area contributed by atoms with Gasteiger partial charge in [0, 0.05) is 6.04 Å². The fourth-order valence-electron chi connectivity index (χ4n) is 3.00. The first-order valence-electron chi connectivity index (χ1n) is 8.44. The Morgan fingerprint density at radius 2 is 1.75 bits per heavy atom. The highest BCUT2D eigenvalue weighted by Gasteiger charge is 2.19. The molecule has 0 aliphatic carbocycles. The second-order valence-electron chi connectivity index (χ2n) is 6.35. The van der Waals surface area contributed by atoms with Crippen LogP contribution < -0.4 is 5.32 Å². The molecule has 1 unspecified atom stereocenters. The summed E-state index contributed by atoms with van der Waals surface area (Å²) < 4.78 is 0. The summed E-state index contributed by atoms with van der Waals surface area (Å²) in [4.78, 5) is 0. The zero-order valence-electron chi connectivity index (χ0n) is 14.1. The normalized spacial score (nSPS) is 13.2. The van der Waals surface area contributed by atoms with Gasteiger partial charge in [-0.25, -0.2) is 0 Å². The number of nitrogens with one attached hydrogen (secondary N) is 1. The number of rotatable bonds is 9. The highest BCUT2D eigenvalue weighted by Crippen LogP contribution is 2.28. The van der Waals surface area contributed by atoms with Crippen LogP contribution >= 0.6 is 0 Å². The van der Waals surface area contributed by atoms with E-state index >= 15 is 0 Å². The SMILES string of the molecule is CCCNC(c1cccc(CC(C)C)c1)C(CC)CC. The Hall–Kier alpha value is -0.820. The molecule has 1 aromatic carbocycles. The average Bonchev–Trinajstić information content (AvgIpc) is 2.43. The lowest BCUT2D eigenvalue weighted by molar-refractivity contribution is 0.341. The molecule has 1 nitrogen and oxygen atoms in total. The zero-order valence-corrected chi connectivity index (χ0v) is 14.1. The second-order valence-corrected chi connectivity index (χ2v) is 6.35. The molecular weight excluding hydrogens is 242 g/mol. The van der Waals surface area contributed by atoms with Crippen molar-refractivity contribution in [3.8, 4) is 0 Å². The Balaban J connectivity index is 2.93. The van der Waals surface area contributed by atoms with Crippen LogP contribution in [0.25, 0.3) is 0 Å². The topological polar surface area (TPSA) is 12.0 Å². The van der Waals surface area contributed by atoms with Crippen molar-refractivity contribution in [3.63, 3.8) is 0 Å².